The molecule has 0 aliphatic rings. The standard InChI is InChI=1S/C12H10F4O3/c13-10(11(14)15)12(16)19-8-4-1-7(2-5-8)3-6-9(17)18/h1-6,10-12H,(H,17,18)/b6-3+. The van der Waals surface area contributed by atoms with Crippen LogP contribution in [0.25, 0.3) is 6.08 Å². The number of carboxylic acid groups (broad SMARTS) is 1. The Hall–Kier alpha value is -2.05. The minimum atomic E-state index is -3.47. The summed E-state index contributed by atoms with van der Waals surface area (Å²) < 4.78 is 53.6. The SMILES string of the molecule is O=C(O)/C=C/c1ccc(OC(F)C(F)C(F)F)cc1. The van der Waals surface area contributed by atoms with Crippen LogP contribution in [0.4, 0.5) is 17.6 Å². The van der Waals surface area contributed by atoms with E-state index in [0.717, 1.165) is 6.08 Å². The normalized spacial score (nSPS) is 14.6. The maximum absolute atomic E-state index is 12.9. The summed E-state index contributed by atoms with van der Waals surface area (Å²) in [4.78, 5) is 10.3. The summed E-state index contributed by atoms with van der Waals surface area (Å²) in [5.74, 6) is -1.27. The zero-order chi connectivity index (χ0) is 14.4. The third-order valence-corrected chi connectivity index (χ3v) is 2.04. The van der Waals surface area contributed by atoms with E-state index in [1.165, 1.54) is 30.3 Å². The lowest BCUT2D eigenvalue weighted by Gasteiger charge is -2.14. The minimum Gasteiger partial charge on any atom is -0.478 e. The van der Waals surface area contributed by atoms with Crippen molar-refractivity contribution in [3.63, 3.8) is 0 Å². The highest BCUT2D eigenvalue weighted by Gasteiger charge is 2.31. The highest BCUT2D eigenvalue weighted by Crippen LogP contribution is 2.20. The van der Waals surface area contributed by atoms with Gasteiger partial charge in [0, 0.05) is 6.08 Å². The third kappa shape index (κ3) is 4.99. The third-order valence-electron chi connectivity index (χ3n) is 2.04. The van der Waals surface area contributed by atoms with E-state index in [1.54, 1.807) is 0 Å². The number of aliphatic carboxylic acids is 1. The number of halogens is 4. The van der Waals surface area contributed by atoms with Crippen LogP contribution in [0.5, 0.6) is 5.75 Å². The van der Waals surface area contributed by atoms with E-state index in [0.29, 0.717) is 5.56 Å². The Labute approximate surface area is 106 Å². The van der Waals surface area contributed by atoms with Gasteiger partial charge < -0.3 is 9.84 Å². The van der Waals surface area contributed by atoms with E-state index in [2.05, 4.69) is 4.74 Å². The maximum atomic E-state index is 12.9. The second kappa shape index (κ2) is 6.77. The Bertz CT molecular complexity index is 445. The quantitative estimate of drug-likeness (QED) is 0.642. The van der Waals surface area contributed by atoms with Crippen molar-refractivity contribution in [2.45, 2.75) is 19.0 Å². The summed E-state index contributed by atoms with van der Waals surface area (Å²) in [7, 11) is 0. The van der Waals surface area contributed by atoms with Gasteiger partial charge in [0.05, 0.1) is 0 Å². The second-order valence-electron chi connectivity index (χ2n) is 3.49. The number of hydrogen-bond donors (Lipinski definition) is 1. The first-order chi connectivity index (χ1) is 8.90. The summed E-state index contributed by atoms with van der Waals surface area (Å²) in [5.41, 5.74) is 0.482. The van der Waals surface area contributed by atoms with Gasteiger partial charge in [0.2, 0.25) is 6.17 Å². The topological polar surface area (TPSA) is 46.5 Å². The lowest BCUT2D eigenvalue weighted by atomic mass is 10.2. The Kier molecular flexibility index (Phi) is 5.35. The van der Waals surface area contributed by atoms with Crippen LogP contribution >= 0.6 is 0 Å². The van der Waals surface area contributed by atoms with Crippen LogP contribution in [0.2, 0.25) is 0 Å². The summed E-state index contributed by atoms with van der Waals surface area (Å²) in [5, 5.41) is 8.39. The predicted molar refractivity (Wildman–Crippen MR) is 59.5 cm³/mol. The Morgan fingerprint density at radius 1 is 1.16 bits per heavy atom. The van der Waals surface area contributed by atoms with Gasteiger partial charge >= 0.3 is 5.97 Å². The first kappa shape index (κ1) is 15.0. The van der Waals surface area contributed by atoms with Crippen LogP contribution in [0.15, 0.2) is 30.3 Å². The molecule has 0 aliphatic carbocycles. The summed E-state index contributed by atoms with van der Waals surface area (Å²) in [6.07, 6.45) is -7.09. The zero-order valence-electron chi connectivity index (χ0n) is 9.47. The van der Waals surface area contributed by atoms with Gasteiger partial charge in [0.25, 0.3) is 12.8 Å². The van der Waals surface area contributed by atoms with Crippen LogP contribution < -0.4 is 4.74 Å². The van der Waals surface area contributed by atoms with Gasteiger partial charge in [-0.2, -0.15) is 4.39 Å². The molecule has 0 radical (unpaired) electrons. The molecule has 7 heteroatoms. The van der Waals surface area contributed by atoms with Gasteiger partial charge in [0.1, 0.15) is 5.75 Å². The van der Waals surface area contributed by atoms with Crippen LogP contribution in [-0.4, -0.2) is 30.0 Å². The second-order valence-corrected chi connectivity index (χ2v) is 3.49. The molecule has 0 bridgehead atoms. The van der Waals surface area contributed by atoms with E-state index < -0.39 is 24.9 Å². The fourth-order valence-electron chi connectivity index (χ4n) is 1.13. The summed E-state index contributed by atoms with van der Waals surface area (Å²) >= 11 is 0. The molecular formula is C12H10F4O3. The van der Waals surface area contributed by atoms with Gasteiger partial charge in [-0.15, -0.1) is 0 Å². The van der Waals surface area contributed by atoms with Crippen molar-refractivity contribution in [1.82, 2.24) is 0 Å². The molecule has 0 heterocycles. The molecule has 0 spiro atoms. The average Bonchev–Trinajstić information content (AvgIpc) is 2.36. The molecule has 3 nitrogen and oxygen atoms in total. The van der Waals surface area contributed by atoms with E-state index >= 15 is 0 Å². The molecule has 0 amide bonds. The highest BCUT2D eigenvalue weighted by molar-refractivity contribution is 5.85. The van der Waals surface area contributed by atoms with Crippen LogP contribution in [-0.2, 0) is 4.79 Å². The van der Waals surface area contributed by atoms with Gasteiger partial charge in [-0.05, 0) is 23.8 Å². The molecule has 2 unspecified atom stereocenters. The molecule has 0 saturated heterocycles. The number of carboxylic acids is 1. The van der Waals surface area contributed by atoms with E-state index in [9.17, 15) is 22.4 Å². The van der Waals surface area contributed by atoms with Crippen molar-refractivity contribution in [1.29, 1.82) is 0 Å². The highest BCUT2D eigenvalue weighted by atomic mass is 19.3. The zero-order valence-corrected chi connectivity index (χ0v) is 9.47. The molecular weight excluding hydrogens is 268 g/mol. The molecule has 0 aromatic heterocycles. The largest absolute Gasteiger partial charge is 0.478 e. The summed E-state index contributed by atoms with van der Waals surface area (Å²) in [6.45, 7) is 0. The van der Waals surface area contributed by atoms with Gasteiger partial charge in [0.15, 0.2) is 0 Å². The molecule has 0 aliphatic heterocycles. The fourth-order valence-corrected chi connectivity index (χ4v) is 1.13. The predicted octanol–water partition coefficient (Wildman–Crippen LogP) is 3.06. The van der Waals surface area contributed by atoms with Crippen molar-refractivity contribution in [3.8, 4) is 5.75 Å². The van der Waals surface area contributed by atoms with E-state index in [1.807, 2.05) is 0 Å². The van der Waals surface area contributed by atoms with Gasteiger partial charge in [-0.3, -0.25) is 0 Å². The molecule has 1 N–H and O–H groups in total. The van der Waals surface area contributed by atoms with Crippen molar-refractivity contribution in [3.05, 3.63) is 35.9 Å². The molecule has 1 aromatic carbocycles. The Morgan fingerprint density at radius 2 is 1.74 bits per heavy atom. The van der Waals surface area contributed by atoms with Crippen LogP contribution in [0, 0.1) is 0 Å². The molecule has 0 saturated carbocycles. The number of hydrogen-bond acceptors (Lipinski definition) is 2. The first-order valence-electron chi connectivity index (χ1n) is 5.14. The molecule has 2 atom stereocenters. The van der Waals surface area contributed by atoms with Crippen molar-refractivity contribution in [2.24, 2.45) is 0 Å². The lowest BCUT2D eigenvalue weighted by Crippen LogP contribution is -2.29. The number of alkyl halides is 4. The molecule has 1 rings (SSSR count). The average molecular weight is 278 g/mol. The number of rotatable bonds is 6. The first-order valence-corrected chi connectivity index (χ1v) is 5.14. The monoisotopic (exact) mass is 278 g/mol. The smallest absolute Gasteiger partial charge is 0.328 e. The number of benzene rings is 1. The maximum Gasteiger partial charge on any atom is 0.328 e. The van der Waals surface area contributed by atoms with Crippen molar-refractivity contribution >= 4 is 12.0 Å². The van der Waals surface area contributed by atoms with Gasteiger partial charge in [-0.1, -0.05) is 12.1 Å². The van der Waals surface area contributed by atoms with Crippen molar-refractivity contribution < 1.29 is 32.2 Å². The van der Waals surface area contributed by atoms with Crippen LogP contribution in [0.3, 0.4) is 0 Å². The Balaban J connectivity index is 2.64. The van der Waals surface area contributed by atoms with E-state index in [-0.39, 0.29) is 5.75 Å². The summed E-state index contributed by atoms with van der Waals surface area (Å²) in [6, 6.07) is 5.17. The number of carbonyl (C=O) groups is 1. The lowest BCUT2D eigenvalue weighted by molar-refractivity contribution is -0.131. The molecule has 1 aromatic rings. The molecule has 19 heavy (non-hydrogen) atoms. The van der Waals surface area contributed by atoms with Crippen molar-refractivity contribution in [2.75, 3.05) is 0 Å². The molecule has 104 valence electrons. The minimum absolute atomic E-state index is 0.136. The molecule has 0 fully saturated rings. The van der Waals surface area contributed by atoms with E-state index in [4.69, 9.17) is 5.11 Å². The Morgan fingerprint density at radius 3 is 2.21 bits per heavy atom. The fraction of sp³-hybridized carbons (Fsp3) is 0.250. The number of ether oxygens (including phenoxy) is 1. The van der Waals surface area contributed by atoms with Gasteiger partial charge in [-0.25, -0.2) is 18.0 Å². The van der Waals surface area contributed by atoms with Crippen LogP contribution in [0.1, 0.15) is 5.56 Å².